The Hall–Kier alpha value is -2.39. The SMILES string of the molecule is CCN(CC(N)=O)C(=O)c1cc(C#CCN)ccc1F. The molecule has 0 spiro atoms. The van der Waals surface area contributed by atoms with E-state index in [2.05, 4.69) is 11.8 Å². The molecule has 6 heteroatoms. The van der Waals surface area contributed by atoms with Gasteiger partial charge in [0, 0.05) is 12.1 Å². The lowest BCUT2D eigenvalue weighted by molar-refractivity contribution is -0.118. The molecule has 1 aromatic carbocycles. The first-order valence-corrected chi connectivity index (χ1v) is 6.05. The number of halogens is 1. The van der Waals surface area contributed by atoms with Gasteiger partial charge in [0.2, 0.25) is 5.91 Å². The number of amides is 2. The van der Waals surface area contributed by atoms with Crippen molar-refractivity contribution in [3.63, 3.8) is 0 Å². The van der Waals surface area contributed by atoms with Crippen molar-refractivity contribution >= 4 is 11.8 Å². The molecule has 1 rings (SSSR count). The van der Waals surface area contributed by atoms with Gasteiger partial charge >= 0.3 is 0 Å². The van der Waals surface area contributed by atoms with E-state index in [0.29, 0.717) is 5.56 Å². The summed E-state index contributed by atoms with van der Waals surface area (Å²) in [7, 11) is 0. The molecule has 0 saturated carbocycles. The van der Waals surface area contributed by atoms with Crippen molar-refractivity contribution < 1.29 is 14.0 Å². The van der Waals surface area contributed by atoms with E-state index in [1.165, 1.54) is 17.0 Å². The molecule has 0 aliphatic carbocycles. The molecule has 0 radical (unpaired) electrons. The fourth-order valence-electron chi connectivity index (χ4n) is 1.61. The third-order valence-electron chi connectivity index (χ3n) is 2.55. The standard InChI is InChI=1S/C14H16FN3O2/c1-2-18(9-13(17)19)14(20)11-8-10(4-3-7-16)5-6-12(11)15/h5-6,8H,2,7,9,16H2,1H3,(H2,17,19). The first-order valence-electron chi connectivity index (χ1n) is 6.05. The zero-order chi connectivity index (χ0) is 15.1. The van der Waals surface area contributed by atoms with E-state index in [1.807, 2.05) is 0 Å². The first-order chi connectivity index (χ1) is 9.49. The van der Waals surface area contributed by atoms with Crippen molar-refractivity contribution in [3.05, 3.63) is 35.1 Å². The minimum atomic E-state index is -0.670. The number of benzene rings is 1. The van der Waals surface area contributed by atoms with Gasteiger partial charge in [-0.3, -0.25) is 9.59 Å². The number of nitrogens with zero attached hydrogens (tertiary/aromatic N) is 1. The molecule has 0 fully saturated rings. The van der Waals surface area contributed by atoms with Gasteiger partial charge in [-0.2, -0.15) is 0 Å². The van der Waals surface area contributed by atoms with Crippen molar-refractivity contribution in [2.75, 3.05) is 19.6 Å². The monoisotopic (exact) mass is 277 g/mol. The van der Waals surface area contributed by atoms with Gasteiger partial charge in [0.25, 0.3) is 5.91 Å². The normalized spacial score (nSPS) is 9.55. The zero-order valence-electron chi connectivity index (χ0n) is 11.1. The summed E-state index contributed by atoms with van der Waals surface area (Å²) in [5.74, 6) is 3.42. The summed E-state index contributed by atoms with van der Waals surface area (Å²) in [6.07, 6.45) is 0. The molecular weight excluding hydrogens is 261 g/mol. The van der Waals surface area contributed by atoms with Crippen LogP contribution in [0, 0.1) is 17.7 Å². The largest absolute Gasteiger partial charge is 0.368 e. The van der Waals surface area contributed by atoms with E-state index in [9.17, 15) is 14.0 Å². The van der Waals surface area contributed by atoms with Gasteiger partial charge in [-0.05, 0) is 25.1 Å². The van der Waals surface area contributed by atoms with Crippen LogP contribution in [0.4, 0.5) is 4.39 Å². The van der Waals surface area contributed by atoms with Crippen LogP contribution in [0.3, 0.4) is 0 Å². The molecule has 106 valence electrons. The predicted molar refractivity (Wildman–Crippen MR) is 73.1 cm³/mol. The summed E-state index contributed by atoms with van der Waals surface area (Å²) >= 11 is 0. The van der Waals surface area contributed by atoms with Crippen LogP contribution in [0.5, 0.6) is 0 Å². The summed E-state index contributed by atoms with van der Waals surface area (Å²) in [5.41, 5.74) is 10.7. The van der Waals surface area contributed by atoms with Gasteiger partial charge in [-0.25, -0.2) is 4.39 Å². The second kappa shape index (κ2) is 7.26. The maximum Gasteiger partial charge on any atom is 0.257 e. The summed E-state index contributed by atoms with van der Waals surface area (Å²) in [6, 6.07) is 3.95. The second-order valence-corrected chi connectivity index (χ2v) is 3.99. The molecule has 0 aliphatic heterocycles. The third kappa shape index (κ3) is 4.07. The fourth-order valence-corrected chi connectivity index (χ4v) is 1.61. The fraction of sp³-hybridized carbons (Fsp3) is 0.286. The van der Waals surface area contributed by atoms with Crippen LogP contribution in [0.25, 0.3) is 0 Å². The Morgan fingerprint density at radius 3 is 2.65 bits per heavy atom. The summed E-state index contributed by atoms with van der Waals surface area (Å²) < 4.78 is 13.7. The van der Waals surface area contributed by atoms with Crippen molar-refractivity contribution in [3.8, 4) is 11.8 Å². The average molecular weight is 277 g/mol. The van der Waals surface area contributed by atoms with E-state index >= 15 is 0 Å². The van der Waals surface area contributed by atoms with E-state index in [-0.39, 0.29) is 25.2 Å². The third-order valence-corrected chi connectivity index (χ3v) is 2.55. The molecule has 0 bridgehead atoms. The van der Waals surface area contributed by atoms with Gasteiger partial charge in [-0.1, -0.05) is 11.8 Å². The Bertz CT molecular complexity index is 576. The molecule has 0 heterocycles. The Balaban J connectivity index is 3.10. The van der Waals surface area contributed by atoms with Gasteiger partial charge < -0.3 is 16.4 Å². The maximum absolute atomic E-state index is 13.7. The first kappa shape index (κ1) is 15.7. The summed E-state index contributed by atoms with van der Waals surface area (Å²) in [5, 5.41) is 0. The maximum atomic E-state index is 13.7. The number of carbonyl (C=O) groups is 2. The molecule has 2 amide bonds. The molecule has 4 N–H and O–H groups in total. The second-order valence-electron chi connectivity index (χ2n) is 3.99. The molecule has 0 aromatic heterocycles. The van der Waals surface area contributed by atoms with Crippen LogP contribution in [-0.4, -0.2) is 36.3 Å². The van der Waals surface area contributed by atoms with Crippen molar-refractivity contribution in [1.82, 2.24) is 4.90 Å². The molecule has 0 aliphatic rings. The lowest BCUT2D eigenvalue weighted by Gasteiger charge is -2.19. The summed E-state index contributed by atoms with van der Waals surface area (Å²) in [6.45, 7) is 1.84. The van der Waals surface area contributed by atoms with Gasteiger partial charge in [-0.15, -0.1) is 0 Å². The van der Waals surface area contributed by atoms with E-state index in [1.54, 1.807) is 6.92 Å². The van der Waals surface area contributed by atoms with E-state index in [4.69, 9.17) is 11.5 Å². The Morgan fingerprint density at radius 2 is 2.10 bits per heavy atom. The Morgan fingerprint density at radius 1 is 1.40 bits per heavy atom. The van der Waals surface area contributed by atoms with Crippen LogP contribution in [0.15, 0.2) is 18.2 Å². The van der Waals surface area contributed by atoms with Crippen LogP contribution >= 0.6 is 0 Å². The van der Waals surface area contributed by atoms with E-state index < -0.39 is 17.6 Å². The molecule has 0 atom stereocenters. The Labute approximate surface area is 116 Å². The number of hydrogen-bond donors (Lipinski definition) is 2. The number of nitrogens with two attached hydrogens (primary N) is 2. The van der Waals surface area contributed by atoms with Crippen LogP contribution in [0.1, 0.15) is 22.8 Å². The highest BCUT2D eigenvalue weighted by Crippen LogP contribution is 2.13. The minimum Gasteiger partial charge on any atom is -0.368 e. The highest BCUT2D eigenvalue weighted by Gasteiger charge is 2.19. The lowest BCUT2D eigenvalue weighted by atomic mass is 10.1. The molecular formula is C14H16FN3O2. The van der Waals surface area contributed by atoms with Crippen LogP contribution in [-0.2, 0) is 4.79 Å². The summed E-state index contributed by atoms with van der Waals surface area (Å²) in [4.78, 5) is 24.2. The zero-order valence-corrected chi connectivity index (χ0v) is 11.1. The van der Waals surface area contributed by atoms with Gasteiger partial charge in [0.1, 0.15) is 5.82 Å². The molecule has 0 unspecified atom stereocenters. The predicted octanol–water partition coefficient (Wildman–Crippen LogP) is 0.0833. The topological polar surface area (TPSA) is 89.4 Å². The molecule has 1 aromatic rings. The smallest absolute Gasteiger partial charge is 0.257 e. The van der Waals surface area contributed by atoms with Crippen molar-refractivity contribution in [2.45, 2.75) is 6.92 Å². The molecule has 5 nitrogen and oxygen atoms in total. The van der Waals surface area contributed by atoms with Gasteiger partial charge in [0.15, 0.2) is 0 Å². The van der Waals surface area contributed by atoms with Crippen LogP contribution < -0.4 is 11.5 Å². The van der Waals surface area contributed by atoms with Crippen molar-refractivity contribution in [2.24, 2.45) is 11.5 Å². The quantitative estimate of drug-likeness (QED) is 0.764. The number of carbonyl (C=O) groups excluding carboxylic acids is 2. The van der Waals surface area contributed by atoms with Crippen LogP contribution in [0.2, 0.25) is 0 Å². The minimum absolute atomic E-state index is 0.142. The number of hydrogen-bond acceptors (Lipinski definition) is 3. The number of rotatable bonds is 4. The highest BCUT2D eigenvalue weighted by molar-refractivity contribution is 5.96. The highest BCUT2D eigenvalue weighted by atomic mass is 19.1. The Kier molecular flexibility index (Phi) is 5.69. The van der Waals surface area contributed by atoms with Crippen molar-refractivity contribution in [1.29, 1.82) is 0 Å². The van der Waals surface area contributed by atoms with E-state index in [0.717, 1.165) is 6.07 Å². The lowest BCUT2D eigenvalue weighted by Crippen LogP contribution is -2.38. The molecule has 20 heavy (non-hydrogen) atoms. The average Bonchev–Trinajstić information content (AvgIpc) is 2.43. The number of likely N-dealkylation sites (N-methyl/N-ethyl adjacent to an activating group) is 1. The van der Waals surface area contributed by atoms with Gasteiger partial charge in [0.05, 0.1) is 18.7 Å². The molecule has 0 saturated heterocycles. The number of primary amides is 1.